The zero-order chi connectivity index (χ0) is 25.5. The maximum absolute atomic E-state index is 13.2. The second-order valence-corrected chi connectivity index (χ2v) is 8.69. The van der Waals surface area contributed by atoms with Crippen LogP contribution in [0, 0.1) is 0 Å². The molecule has 0 unspecified atom stereocenters. The molecule has 0 amide bonds. The van der Waals surface area contributed by atoms with E-state index in [2.05, 4.69) is 0 Å². The molecule has 0 N–H and O–H groups in total. The van der Waals surface area contributed by atoms with E-state index in [1.54, 1.807) is 0 Å². The first-order chi connectivity index (χ1) is 13.3. The van der Waals surface area contributed by atoms with E-state index in [1.807, 2.05) is 0 Å². The first-order valence-corrected chi connectivity index (χ1v) is 9.42. The average molecular weight is 544 g/mol. The summed E-state index contributed by atoms with van der Waals surface area (Å²) in [6.45, 7) is 0. The third-order valence-electron chi connectivity index (χ3n) is 3.84. The van der Waals surface area contributed by atoms with Gasteiger partial charge in [0.2, 0.25) is 0 Å². The Bertz CT molecular complexity index is 615. The smallest absolute Gasteiger partial charge is 0.799 e. The van der Waals surface area contributed by atoms with Gasteiger partial charge in [-0.05, 0) is 12.3 Å². The summed E-state index contributed by atoms with van der Waals surface area (Å²) in [7, 11) is -5.92. The molecule has 2 nitrogen and oxygen atoms in total. The van der Waals surface area contributed by atoms with E-state index >= 15 is 0 Å². The van der Waals surface area contributed by atoms with Gasteiger partial charge in [-0.15, -0.1) is 0 Å². The molecule has 0 aromatic rings. The molecule has 0 aromatic heterocycles. The van der Waals surface area contributed by atoms with Gasteiger partial charge in [0.25, 0.3) is 0 Å². The minimum absolute atomic E-state index is 0. The van der Waals surface area contributed by atoms with Crippen LogP contribution in [0.25, 0.3) is 0 Å². The summed E-state index contributed by atoms with van der Waals surface area (Å²) in [6, 6.07) is 0. The molecule has 0 bridgehead atoms. The third kappa shape index (κ3) is 6.60. The van der Waals surface area contributed by atoms with Crippen LogP contribution < -0.4 is 34.5 Å². The molecule has 20 heteroatoms. The Kier molecular flexibility index (Phi) is 11.1. The van der Waals surface area contributed by atoms with Gasteiger partial charge in [-0.3, -0.25) is 0 Å². The molecule has 0 aliphatic rings. The number of hydrogen-bond acceptors (Lipinski definition) is 2. The van der Waals surface area contributed by atoms with Crippen LogP contribution in [0.5, 0.6) is 0 Å². The van der Waals surface area contributed by atoms with Gasteiger partial charge in [-0.2, -0.15) is 52.7 Å². The molecule has 0 aliphatic heterocycles. The maximum atomic E-state index is 13.2. The van der Waals surface area contributed by atoms with Crippen molar-refractivity contribution in [1.82, 2.24) is 0 Å². The molecular weight excluding hydrogens is 534 g/mol. The van der Waals surface area contributed by atoms with E-state index in [4.69, 9.17) is 0 Å². The normalized spacial score (nSPS) is 15.3. The van der Waals surface area contributed by atoms with Crippen molar-refractivity contribution in [2.45, 2.75) is 61.2 Å². The van der Waals surface area contributed by atoms with Crippen LogP contribution in [0.1, 0.15) is 12.8 Å². The minimum atomic E-state index is -6.84. The minimum Gasteiger partial charge on any atom is -0.799 e. The fourth-order valence-electron chi connectivity index (χ4n) is 1.81. The monoisotopic (exact) mass is 544 g/mol. The zero-order valence-corrected chi connectivity index (χ0v) is 18.2. The van der Waals surface area contributed by atoms with Crippen LogP contribution in [-0.4, -0.2) is 60.7 Å². The fraction of sp³-hybridized carbons (Fsp3) is 1.00. The largest absolute Gasteiger partial charge is 1.00 e. The molecule has 0 rings (SSSR count). The second kappa shape index (κ2) is 10.4. The van der Waals surface area contributed by atoms with Crippen LogP contribution in [0.3, 0.4) is 0 Å². The molecule has 0 saturated heterocycles. The molecule has 188 valence electrons. The summed E-state index contributed by atoms with van der Waals surface area (Å²) in [6.07, 6.45) is -21.3. The molecule has 0 atom stereocenters. The molecule has 0 fully saturated rings. The molecule has 0 saturated carbocycles. The van der Waals surface area contributed by atoms with Gasteiger partial charge in [-0.1, -0.05) is 0 Å². The summed E-state index contributed by atoms with van der Waals surface area (Å²) in [5.41, 5.74) is 0. The van der Waals surface area contributed by atoms with Crippen LogP contribution in [0.4, 0.5) is 70.2 Å². The van der Waals surface area contributed by atoms with Crippen molar-refractivity contribution in [1.29, 1.82) is 0 Å². The Morgan fingerprint density at radius 2 is 0.812 bits per heavy atom. The van der Waals surface area contributed by atoms with E-state index in [0.717, 1.165) is 0 Å². The van der Waals surface area contributed by atoms with E-state index in [0.29, 0.717) is 0 Å². The summed E-state index contributed by atoms with van der Waals surface area (Å²) in [5.74, 6) is -39.4. The third-order valence-corrected chi connectivity index (χ3v) is 5.65. The van der Waals surface area contributed by atoms with E-state index in [-0.39, 0.29) is 29.6 Å². The Labute approximate surface area is 190 Å². The van der Waals surface area contributed by atoms with Crippen molar-refractivity contribution in [3.05, 3.63) is 0 Å². The van der Waals surface area contributed by atoms with Crippen LogP contribution >= 0.6 is 7.37 Å². The van der Waals surface area contributed by atoms with Gasteiger partial charge in [0.1, 0.15) is 0 Å². The number of hydrogen-bond donors (Lipinski definition) is 0. The average Bonchev–Trinajstić information content (AvgIpc) is 2.57. The van der Waals surface area contributed by atoms with E-state index in [9.17, 15) is 79.7 Å². The zero-order valence-electron chi connectivity index (χ0n) is 15.3. The van der Waals surface area contributed by atoms with Crippen LogP contribution in [-0.2, 0) is 4.57 Å². The number of halogens is 16. The van der Waals surface area contributed by atoms with Crippen molar-refractivity contribution in [3.63, 3.8) is 0 Å². The molecule has 0 aromatic carbocycles. The standard InChI is InChI=1S/C12H11F16O2P.Na/c13-5(14)9(21,22)11(25,26)7(17,18)1-3-31(29,30)4-2-8(19,20)12(27,28)10(23,24)6(15)16;/h5-6H,1-4H2,(H,29,30);/q;+1/p-1. The molecule has 0 heterocycles. The molecule has 0 spiro atoms. The Balaban J connectivity index is 0. The predicted octanol–water partition coefficient (Wildman–Crippen LogP) is 2.75. The van der Waals surface area contributed by atoms with Crippen molar-refractivity contribution >= 4 is 7.37 Å². The topological polar surface area (TPSA) is 40.1 Å². The van der Waals surface area contributed by atoms with Crippen molar-refractivity contribution in [2.75, 3.05) is 12.3 Å². The molecule has 32 heavy (non-hydrogen) atoms. The van der Waals surface area contributed by atoms with Crippen molar-refractivity contribution in [3.8, 4) is 0 Å². The maximum Gasteiger partial charge on any atom is 1.00 e. The van der Waals surface area contributed by atoms with E-state index < -0.39 is 80.9 Å². The quantitative estimate of drug-likeness (QED) is 0.216. The van der Waals surface area contributed by atoms with Crippen LogP contribution in [0.2, 0.25) is 0 Å². The van der Waals surface area contributed by atoms with Gasteiger partial charge in [0.05, 0.1) is 0 Å². The Morgan fingerprint density at radius 1 is 0.594 bits per heavy atom. The van der Waals surface area contributed by atoms with Gasteiger partial charge in [-0.25, -0.2) is 17.6 Å². The SMILES string of the molecule is O=P([O-])(CCC(F)(F)C(F)(F)C(F)(F)C(F)F)CCC(F)(F)C(F)(F)C(F)(F)C(F)F.[Na+]. The van der Waals surface area contributed by atoms with Crippen LogP contribution in [0.15, 0.2) is 0 Å². The molecular formula is C12H10F16NaO2P. The Hall–Kier alpha value is 0.0700. The number of rotatable bonds is 12. The summed E-state index contributed by atoms with van der Waals surface area (Å²) in [4.78, 5) is 11.3. The van der Waals surface area contributed by atoms with Gasteiger partial charge in [0, 0.05) is 20.2 Å². The van der Waals surface area contributed by atoms with Gasteiger partial charge in [0.15, 0.2) is 0 Å². The van der Waals surface area contributed by atoms with E-state index in [1.165, 1.54) is 0 Å². The molecule has 0 aliphatic carbocycles. The van der Waals surface area contributed by atoms with Crippen molar-refractivity contribution in [2.24, 2.45) is 0 Å². The summed E-state index contributed by atoms with van der Waals surface area (Å²) >= 11 is 0. The van der Waals surface area contributed by atoms with Gasteiger partial charge >= 0.3 is 77.9 Å². The molecule has 0 radical (unpaired) electrons. The number of alkyl halides is 16. The van der Waals surface area contributed by atoms with Crippen molar-refractivity contribution < 1.29 is 109 Å². The fourth-order valence-corrected chi connectivity index (χ4v) is 3.28. The first-order valence-electron chi connectivity index (χ1n) is 7.42. The first kappa shape index (κ1) is 34.2. The Morgan fingerprint density at radius 3 is 1.00 bits per heavy atom. The van der Waals surface area contributed by atoms with Gasteiger partial charge < -0.3 is 9.46 Å². The summed E-state index contributed by atoms with van der Waals surface area (Å²) < 4.78 is 214. The predicted molar refractivity (Wildman–Crippen MR) is 68.3 cm³/mol. The summed E-state index contributed by atoms with van der Waals surface area (Å²) in [5, 5.41) is 0. The second-order valence-electron chi connectivity index (χ2n) is 6.17.